The van der Waals surface area contributed by atoms with Crippen molar-refractivity contribution in [3.8, 4) is 0 Å². The molecule has 0 bridgehead atoms. The maximum atomic E-state index is 11.7. The third-order valence-corrected chi connectivity index (χ3v) is 3.21. The van der Waals surface area contributed by atoms with E-state index in [1.165, 1.54) is 0 Å². The first-order valence-corrected chi connectivity index (χ1v) is 6.18. The molecule has 2 aliphatic heterocycles. The number of amides is 3. The fourth-order valence-corrected chi connectivity index (χ4v) is 2.16. The minimum absolute atomic E-state index is 0.0194. The summed E-state index contributed by atoms with van der Waals surface area (Å²) in [5, 5.41) is 2.78. The Hall–Kier alpha value is -1.46. The normalized spacial score (nSPS) is 23.4. The van der Waals surface area contributed by atoms with E-state index in [2.05, 4.69) is 12.2 Å². The van der Waals surface area contributed by atoms with Crippen LogP contribution in [0.5, 0.6) is 0 Å². The topological polar surface area (TPSA) is 61.9 Å². The summed E-state index contributed by atoms with van der Waals surface area (Å²) in [4.78, 5) is 26.6. The van der Waals surface area contributed by atoms with Crippen LogP contribution in [-0.4, -0.2) is 60.8 Å². The van der Waals surface area contributed by atoms with E-state index in [4.69, 9.17) is 4.74 Å². The van der Waals surface area contributed by atoms with Crippen molar-refractivity contribution in [3.63, 3.8) is 0 Å². The number of ether oxygens (including phenoxy) is 1. The van der Waals surface area contributed by atoms with Gasteiger partial charge in [-0.15, -0.1) is 0 Å². The summed E-state index contributed by atoms with van der Waals surface area (Å²) in [6.45, 7) is 4.90. The summed E-state index contributed by atoms with van der Waals surface area (Å²) in [5.41, 5.74) is 0. The van der Waals surface area contributed by atoms with Gasteiger partial charge in [0, 0.05) is 26.2 Å². The van der Waals surface area contributed by atoms with Crippen molar-refractivity contribution in [3.05, 3.63) is 0 Å². The number of hydrogen-bond donors (Lipinski definition) is 1. The molecule has 0 aromatic heterocycles. The molecule has 2 saturated heterocycles. The van der Waals surface area contributed by atoms with E-state index in [1.807, 2.05) is 0 Å². The van der Waals surface area contributed by atoms with Crippen LogP contribution in [0, 0.1) is 0 Å². The zero-order valence-corrected chi connectivity index (χ0v) is 10.1. The average molecular weight is 241 g/mol. The third-order valence-electron chi connectivity index (χ3n) is 3.21. The van der Waals surface area contributed by atoms with Crippen LogP contribution in [0.25, 0.3) is 0 Å². The number of piperazine rings is 1. The van der Waals surface area contributed by atoms with Gasteiger partial charge in [-0.25, -0.2) is 9.59 Å². The SMILES string of the molecule is CCCCOC(=O)N1CCN2C(=O)NCC2C1. The van der Waals surface area contributed by atoms with Gasteiger partial charge < -0.3 is 19.9 Å². The first-order valence-electron chi connectivity index (χ1n) is 6.18. The largest absolute Gasteiger partial charge is 0.449 e. The number of urea groups is 1. The number of hydrogen-bond acceptors (Lipinski definition) is 3. The Labute approximate surface area is 101 Å². The molecule has 6 nitrogen and oxygen atoms in total. The molecule has 2 fully saturated rings. The fraction of sp³-hybridized carbons (Fsp3) is 0.818. The monoisotopic (exact) mass is 241 g/mol. The molecule has 1 unspecified atom stereocenters. The Morgan fingerprint density at radius 1 is 1.53 bits per heavy atom. The molecule has 2 heterocycles. The predicted molar refractivity (Wildman–Crippen MR) is 61.7 cm³/mol. The molecular formula is C11H19N3O3. The summed E-state index contributed by atoms with van der Waals surface area (Å²) in [5.74, 6) is 0. The molecule has 1 N–H and O–H groups in total. The Balaban J connectivity index is 1.80. The van der Waals surface area contributed by atoms with Crippen LogP contribution in [0.2, 0.25) is 0 Å². The van der Waals surface area contributed by atoms with E-state index in [0.29, 0.717) is 32.8 Å². The predicted octanol–water partition coefficient (Wildman–Crippen LogP) is 0.633. The zero-order valence-electron chi connectivity index (χ0n) is 10.1. The molecule has 96 valence electrons. The Bertz CT molecular complexity index is 308. The second kappa shape index (κ2) is 5.25. The summed E-state index contributed by atoms with van der Waals surface area (Å²) >= 11 is 0. The van der Waals surface area contributed by atoms with Gasteiger partial charge in [0.15, 0.2) is 0 Å². The van der Waals surface area contributed by atoms with Crippen LogP contribution in [0.15, 0.2) is 0 Å². The maximum absolute atomic E-state index is 11.7. The lowest BCUT2D eigenvalue weighted by atomic mass is 10.2. The van der Waals surface area contributed by atoms with Crippen molar-refractivity contribution in [2.45, 2.75) is 25.8 Å². The molecule has 17 heavy (non-hydrogen) atoms. The van der Waals surface area contributed by atoms with Crippen LogP contribution in [0.1, 0.15) is 19.8 Å². The zero-order chi connectivity index (χ0) is 12.3. The molecule has 3 amide bonds. The second-order valence-corrected chi connectivity index (χ2v) is 4.45. The minimum Gasteiger partial charge on any atom is -0.449 e. The molecule has 0 aromatic carbocycles. The molecule has 0 spiro atoms. The molecule has 0 aromatic rings. The van der Waals surface area contributed by atoms with Crippen LogP contribution in [-0.2, 0) is 4.74 Å². The molecular weight excluding hydrogens is 222 g/mol. The number of carbonyl (C=O) groups excluding carboxylic acids is 2. The quantitative estimate of drug-likeness (QED) is 0.737. The Morgan fingerprint density at radius 2 is 2.35 bits per heavy atom. The van der Waals surface area contributed by atoms with E-state index in [9.17, 15) is 9.59 Å². The van der Waals surface area contributed by atoms with Crippen molar-refractivity contribution in [2.24, 2.45) is 0 Å². The molecule has 0 saturated carbocycles. The van der Waals surface area contributed by atoms with Crippen molar-refractivity contribution in [2.75, 3.05) is 32.8 Å². The van der Waals surface area contributed by atoms with Gasteiger partial charge in [0.2, 0.25) is 0 Å². The van der Waals surface area contributed by atoms with Crippen molar-refractivity contribution in [1.29, 1.82) is 0 Å². The van der Waals surface area contributed by atoms with E-state index in [0.717, 1.165) is 12.8 Å². The second-order valence-electron chi connectivity index (χ2n) is 4.45. The van der Waals surface area contributed by atoms with Gasteiger partial charge in [-0.2, -0.15) is 0 Å². The molecule has 0 aliphatic carbocycles. The van der Waals surface area contributed by atoms with Gasteiger partial charge in [-0.05, 0) is 6.42 Å². The van der Waals surface area contributed by atoms with Gasteiger partial charge in [0.1, 0.15) is 0 Å². The smallest absolute Gasteiger partial charge is 0.409 e. The first-order chi connectivity index (χ1) is 8.22. The average Bonchev–Trinajstić information content (AvgIpc) is 2.71. The van der Waals surface area contributed by atoms with Gasteiger partial charge in [0.05, 0.1) is 12.6 Å². The van der Waals surface area contributed by atoms with Crippen LogP contribution >= 0.6 is 0 Å². The Morgan fingerprint density at radius 3 is 3.12 bits per heavy atom. The molecule has 2 rings (SSSR count). The summed E-state index contributed by atoms with van der Waals surface area (Å²) in [6, 6.07) is 0.0870. The number of unbranched alkanes of at least 4 members (excludes halogenated alkanes) is 1. The van der Waals surface area contributed by atoms with Crippen molar-refractivity contribution >= 4 is 12.1 Å². The standard InChI is InChI=1S/C11H19N3O3/c1-2-3-6-17-11(16)13-4-5-14-9(8-13)7-12-10(14)15/h9H,2-8H2,1H3,(H,12,15). The molecule has 1 atom stereocenters. The highest BCUT2D eigenvalue weighted by Crippen LogP contribution is 2.14. The van der Waals surface area contributed by atoms with Crippen LogP contribution in [0.3, 0.4) is 0 Å². The summed E-state index contributed by atoms with van der Waals surface area (Å²) in [6.07, 6.45) is 1.66. The number of nitrogens with zero attached hydrogens (tertiary/aromatic N) is 2. The minimum atomic E-state index is -0.252. The summed E-state index contributed by atoms with van der Waals surface area (Å²) < 4.78 is 5.16. The maximum Gasteiger partial charge on any atom is 0.409 e. The van der Waals surface area contributed by atoms with Gasteiger partial charge in [0.25, 0.3) is 0 Å². The number of fused-ring (bicyclic) bond motifs is 1. The highest BCUT2D eigenvalue weighted by molar-refractivity contribution is 5.77. The van der Waals surface area contributed by atoms with Crippen LogP contribution < -0.4 is 5.32 Å². The number of rotatable bonds is 3. The highest BCUT2D eigenvalue weighted by atomic mass is 16.6. The lowest BCUT2D eigenvalue weighted by Crippen LogP contribution is -2.53. The van der Waals surface area contributed by atoms with Crippen molar-refractivity contribution < 1.29 is 14.3 Å². The van der Waals surface area contributed by atoms with E-state index < -0.39 is 0 Å². The van der Waals surface area contributed by atoms with Crippen LogP contribution in [0.4, 0.5) is 9.59 Å². The van der Waals surface area contributed by atoms with E-state index in [1.54, 1.807) is 9.80 Å². The van der Waals surface area contributed by atoms with Gasteiger partial charge in [-0.1, -0.05) is 13.3 Å². The fourth-order valence-electron chi connectivity index (χ4n) is 2.16. The van der Waals surface area contributed by atoms with E-state index in [-0.39, 0.29) is 18.2 Å². The lowest BCUT2D eigenvalue weighted by molar-refractivity contribution is 0.0718. The number of nitrogens with one attached hydrogen (secondary N) is 1. The van der Waals surface area contributed by atoms with E-state index >= 15 is 0 Å². The Kier molecular flexibility index (Phi) is 3.71. The highest BCUT2D eigenvalue weighted by Gasteiger charge is 2.37. The molecule has 2 aliphatic rings. The lowest BCUT2D eigenvalue weighted by Gasteiger charge is -2.35. The van der Waals surface area contributed by atoms with Gasteiger partial charge in [-0.3, -0.25) is 0 Å². The van der Waals surface area contributed by atoms with Gasteiger partial charge >= 0.3 is 12.1 Å². The molecule has 0 radical (unpaired) electrons. The van der Waals surface area contributed by atoms with Crippen molar-refractivity contribution in [1.82, 2.24) is 15.1 Å². The number of carbonyl (C=O) groups is 2. The third kappa shape index (κ3) is 2.62. The first kappa shape index (κ1) is 12.0. The molecule has 6 heteroatoms. The summed E-state index contributed by atoms with van der Waals surface area (Å²) in [7, 11) is 0.